The first kappa shape index (κ1) is 30.5. The Bertz CT molecular complexity index is 1290. The van der Waals surface area contributed by atoms with E-state index in [0.717, 1.165) is 18.4 Å². The fourth-order valence-corrected chi connectivity index (χ4v) is 7.61. The molecule has 4 rings (SSSR count). The number of hydrogen-bond acceptors (Lipinski definition) is 5. The summed E-state index contributed by atoms with van der Waals surface area (Å²) < 4.78 is 89.0. The van der Waals surface area contributed by atoms with Gasteiger partial charge in [0.25, 0.3) is 10.0 Å². The molecule has 0 bridgehead atoms. The highest BCUT2D eigenvalue weighted by atomic mass is 32.2. The first-order valence-corrected chi connectivity index (χ1v) is 15.1. The zero-order chi connectivity index (χ0) is 29.1. The Kier molecular flexibility index (Phi) is 9.26. The van der Waals surface area contributed by atoms with Crippen molar-refractivity contribution < 1.29 is 35.8 Å². The van der Waals surface area contributed by atoms with Crippen molar-refractivity contribution >= 4 is 15.9 Å². The van der Waals surface area contributed by atoms with Gasteiger partial charge < -0.3 is 14.7 Å². The number of hydrogen-bond donors (Lipinski definition) is 1. The van der Waals surface area contributed by atoms with Crippen molar-refractivity contribution in [3.63, 3.8) is 0 Å². The lowest BCUT2D eigenvalue weighted by molar-refractivity contribution is -0.138. The van der Waals surface area contributed by atoms with Gasteiger partial charge in [-0.2, -0.15) is 13.2 Å². The number of halogens is 4. The third kappa shape index (κ3) is 7.41. The van der Waals surface area contributed by atoms with Crippen LogP contribution in [0.25, 0.3) is 0 Å². The molecule has 2 heterocycles. The highest BCUT2D eigenvalue weighted by molar-refractivity contribution is 7.90. The maximum Gasteiger partial charge on any atom is 0.390 e. The summed E-state index contributed by atoms with van der Waals surface area (Å²) >= 11 is 0. The molecule has 2 atom stereocenters. The number of piperidine rings is 1. The van der Waals surface area contributed by atoms with Gasteiger partial charge in [-0.05, 0) is 80.8 Å². The van der Waals surface area contributed by atoms with Crippen LogP contribution in [0.15, 0.2) is 52.9 Å². The normalized spacial score (nSPS) is 22.4. The molecule has 2 aromatic rings. The van der Waals surface area contributed by atoms with E-state index >= 15 is 0 Å². The van der Waals surface area contributed by atoms with E-state index in [-0.39, 0.29) is 37.8 Å². The number of sulfonamides is 1. The van der Waals surface area contributed by atoms with Crippen LogP contribution in [0.4, 0.5) is 17.6 Å². The first-order valence-electron chi connectivity index (χ1n) is 13.5. The van der Waals surface area contributed by atoms with Gasteiger partial charge in [0.15, 0.2) is 0 Å². The van der Waals surface area contributed by atoms with Crippen molar-refractivity contribution in [1.29, 1.82) is 0 Å². The van der Waals surface area contributed by atoms with Crippen molar-refractivity contribution in [3.8, 4) is 0 Å². The second-order valence-electron chi connectivity index (χ2n) is 11.2. The number of aliphatic hydroxyl groups is 1. The Morgan fingerprint density at radius 3 is 2.27 bits per heavy atom. The van der Waals surface area contributed by atoms with Crippen LogP contribution in [0.5, 0.6) is 0 Å². The molecule has 0 spiro atoms. The molecule has 0 aliphatic carbocycles. The van der Waals surface area contributed by atoms with Crippen LogP contribution in [0.3, 0.4) is 0 Å². The molecule has 2 aliphatic heterocycles. The second kappa shape index (κ2) is 12.2. The maximum atomic E-state index is 14.4. The largest absolute Gasteiger partial charge is 0.472 e. The van der Waals surface area contributed by atoms with Crippen molar-refractivity contribution in [2.75, 3.05) is 26.2 Å². The number of ether oxygens (including phenoxy) is 1. The molecule has 1 N–H and O–H groups in total. The van der Waals surface area contributed by atoms with Crippen molar-refractivity contribution in [1.82, 2.24) is 4.90 Å². The lowest BCUT2D eigenvalue weighted by atomic mass is 9.87. The molecule has 2 aliphatic rings. The molecule has 0 amide bonds. The molecular weight excluding hydrogens is 548 g/mol. The molecule has 0 saturated carbocycles. The molecule has 220 valence electrons. The zero-order valence-corrected chi connectivity index (χ0v) is 23.5. The van der Waals surface area contributed by atoms with Crippen LogP contribution in [0.2, 0.25) is 0 Å². The van der Waals surface area contributed by atoms with E-state index in [0.29, 0.717) is 24.2 Å². The molecular formula is C29H36F4N2O4S. The van der Waals surface area contributed by atoms with E-state index < -0.39 is 45.2 Å². The lowest BCUT2D eigenvalue weighted by Gasteiger charge is -2.38. The number of alkyl halides is 3. The summed E-state index contributed by atoms with van der Waals surface area (Å²) in [6.07, 6.45) is -3.26. The van der Waals surface area contributed by atoms with E-state index in [1.807, 2.05) is 17.0 Å². The average Bonchev–Trinajstić information content (AvgIpc) is 2.86. The molecule has 40 heavy (non-hydrogen) atoms. The predicted octanol–water partition coefficient (Wildman–Crippen LogP) is 6.09. The van der Waals surface area contributed by atoms with Gasteiger partial charge in [-0.15, -0.1) is 4.40 Å². The predicted molar refractivity (Wildman–Crippen MR) is 145 cm³/mol. The number of nitrogens with zero attached hydrogens (tertiary/aromatic N) is 2. The molecule has 2 aromatic carbocycles. The van der Waals surface area contributed by atoms with E-state index in [1.54, 1.807) is 44.2 Å². The van der Waals surface area contributed by atoms with Crippen LogP contribution in [0.1, 0.15) is 79.7 Å². The fourth-order valence-electron chi connectivity index (χ4n) is 5.84. The molecule has 0 radical (unpaired) electrons. The van der Waals surface area contributed by atoms with Crippen LogP contribution < -0.4 is 0 Å². The van der Waals surface area contributed by atoms with Crippen molar-refractivity contribution in [2.24, 2.45) is 4.40 Å². The number of benzene rings is 2. The quantitative estimate of drug-likeness (QED) is 0.361. The first-order chi connectivity index (χ1) is 18.8. The summed E-state index contributed by atoms with van der Waals surface area (Å²) in [5.41, 5.74) is 0.745. The molecule has 1 fully saturated rings. The van der Waals surface area contributed by atoms with E-state index in [1.165, 1.54) is 6.07 Å². The summed E-state index contributed by atoms with van der Waals surface area (Å²) in [6.45, 7) is 4.33. The Hall–Kier alpha value is -2.50. The van der Waals surface area contributed by atoms with Crippen LogP contribution in [-0.2, 0) is 14.8 Å². The van der Waals surface area contributed by atoms with E-state index in [4.69, 9.17) is 4.74 Å². The summed E-state index contributed by atoms with van der Waals surface area (Å²) in [6, 6.07) is 13.5. The highest BCUT2D eigenvalue weighted by Gasteiger charge is 2.47. The Balaban J connectivity index is 1.47. The summed E-state index contributed by atoms with van der Waals surface area (Å²) in [4.78, 5) is 1.83. The summed E-state index contributed by atoms with van der Waals surface area (Å²) in [7, 11) is -4.04. The molecule has 1 saturated heterocycles. The number of aliphatic hydroxyl groups excluding tert-OH is 1. The van der Waals surface area contributed by atoms with E-state index in [2.05, 4.69) is 4.40 Å². The van der Waals surface area contributed by atoms with Gasteiger partial charge in [0.2, 0.25) is 5.90 Å². The van der Waals surface area contributed by atoms with Crippen LogP contribution in [-0.4, -0.2) is 62.3 Å². The third-order valence-corrected chi connectivity index (χ3v) is 9.69. The van der Waals surface area contributed by atoms with Gasteiger partial charge in [0.1, 0.15) is 16.7 Å². The zero-order valence-electron chi connectivity index (χ0n) is 22.7. The summed E-state index contributed by atoms with van der Waals surface area (Å²) in [5.74, 6) is -0.775. The van der Waals surface area contributed by atoms with Crippen molar-refractivity contribution in [3.05, 3.63) is 71.0 Å². The Labute approximate surface area is 233 Å². The lowest BCUT2D eigenvalue weighted by Crippen LogP contribution is -2.43. The number of likely N-dealkylation sites (tertiary alicyclic amines) is 1. The van der Waals surface area contributed by atoms with Crippen LogP contribution >= 0.6 is 0 Å². The van der Waals surface area contributed by atoms with Gasteiger partial charge in [-0.25, -0.2) is 12.8 Å². The number of rotatable bonds is 9. The maximum absolute atomic E-state index is 14.4. The standard InChI is InChI=1S/C29H36F4N2O4S/c1-28(2)27(22-9-7-20(8-10-22)21-11-15-35(16-12-21)17-14-29(31,32)33)40(37,38)34-26(39-28)19-23(13-18-36)24-5-3-4-6-25(24)30/h3-10,21,23,27,36H,11-19H2,1-2H3/t23-,27?/m1/s1. The van der Waals surface area contributed by atoms with E-state index in [9.17, 15) is 31.1 Å². The van der Waals surface area contributed by atoms with Gasteiger partial charge in [0, 0.05) is 19.6 Å². The van der Waals surface area contributed by atoms with Gasteiger partial charge in [-0.1, -0.05) is 42.5 Å². The molecule has 6 nitrogen and oxygen atoms in total. The SMILES string of the molecule is CC1(C)OC(C[C@@H](CCO)c2ccccc2F)=NS(=O)(=O)C1c1ccc(C2CCN(CCC(F)(F)F)CC2)cc1. The van der Waals surface area contributed by atoms with Crippen molar-refractivity contribution in [2.45, 2.75) is 74.8 Å². The third-order valence-electron chi connectivity index (χ3n) is 7.79. The molecule has 0 aromatic heterocycles. The minimum atomic E-state index is -4.16. The minimum absolute atomic E-state index is 0.00726. The Morgan fingerprint density at radius 1 is 1.07 bits per heavy atom. The second-order valence-corrected chi connectivity index (χ2v) is 12.9. The highest BCUT2D eigenvalue weighted by Crippen LogP contribution is 2.42. The van der Waals surface area contributed by atoms with Gasteiger partial charge >= 0.3 is 6.18 Å². The fraction of sp³-hybridized carbons (Fsp3) is 0.552. The minimum Gasteiger partial charge on any atom is -0.472 e. The monoisotopic (exact) mass is 584 g/mol. The molecule has 1 unspecified atom stereocenters. The average molecular weight is 585 g/mol. The smallest absolute Gasteiger partial charge is 0.390 e. The molecule has 11 heteroatoms. The van der Waals surface area contributed by atoms with Gasteiger partial charge in [0.05, 0.1) is 6.42 Å². The van der Waals surface area contributed by atoms with Crippen LogP contribution in [0, 0.1) is 5.82 Å². The van der Waals surface area contributed by atoms with Gasteiger partial charge in [-0.3, -0.25) is 0 Å². The topological polar surface area (TPSA) is 79.2 Å². The summed E-state index contributed by atoms with van der Waals surface area (Å²) in [5, 5.41) is 8.47. The Morgan fingerprint density at radius 2 is 1.70 bits per heavy atom.